The molecule has 6 heteroatoms. The molecule has 3 N–H and O–H groups in total. The van der Waals surface area contributed by atoms with Crippen molar-refractivity contribution in [3.63, 3.8) is 0 Å². The average Bonchev–Trinajstić information content (AvgIpc) is 3.04. The van der Waals surface area contributed by atoms with Gasteiger partial charge in [-0.2, -0.15) is 0 Å². The van der Waals surface area contributed by atoms with Crippen molar-refractivity contribution in [3.05, 3.63) is 48.8 Å². The average molecular weight is 368 g/mol. The van der Waals surface area contributed by atoms with Crippen molar-refractivity contribution in [3.8, 4) is 11.4 Å². The number of aliphatic hydroxyl groups is 2. The summed E-state index contributed by atoms with van der Waals surface area (Å²) in [4.78, 5) is 6.63. The number of imidazole rings is 1. The van der Waals surface area contributed by atoms with Crippen molar-refractivity contribution < 1.29 is 10.2 Å². The molecule has 0 aliphatic carbocycles. The zero-order valence-corrected chi connectivity index (χ0v) is 15.9. The predicted molar refractivity (Wildman–Crippen MR) is 112 cm³/mol. The molecule has 0 bridgehead atoms. The summed E-state index contributed by atoms with van der Waals surface area (Å²) in [6.07, 6.45) is 4.12. The van der Waals surface area contributed by atoms with Gasteiger partial charge in [-0.05, 0) is 43.3 Å². The van der Waals surface area contributed by atoms with Gasteiger partial charge >= 0.3 is 0 Å². The highest BCUT2D eigenvalue weighted by molar-refractivity contribution is 5.78. The van der Waals surface area contributed by atoms with E-state index in [0.29, 0.717) is 31.8 Å². The van der Waals surface area contributed by atoms with Crippen molar-refractivity contribution in [2.45, 2.75) is 19.9 Å². The molecule has 0 spiro atoms. The van der Waals surface area contributed by atoms with Gasteiger partial charge in [-0.15, -0.1) is 0 Å². The van der Waals surface area contributed by atoms with Crippen molar-refractivity contribution in [1.29, 1.82) is 5.41 Å². The number of nitrogens with one attached hydrogen (secondary N) is 1. The van der Waals surface area contributed by atoms with E-state index < -0.39 is 0 Å². The summed E-state index contributed by atoms with van der Waals surface area (Å²) in [5, 5.41) is 26.2. The minimum Gasteiger partial charge on any atom is -0.395 e. The number of hydrogen-bond donors (Lipinski definition) is 3. The first-order valence-electron chi connectivity index (χ1n) is 9.02. The van der Waals surface area contributed by atoms with Gasteiger partial charge in [0.2, 0.25) is 0 Å². The second-order valence-corrected chi connectivity index (χ2v) is 6.28. The van der Waals surface area contributed by atoms with Crippen LogP contribution in [-0.4, -0.2) is 51.8 Å². The summed E-state index contributed by atoms with van der Waals surface area (Å²) in [6, 6.07) is 7.88. The van der Waals surface area contributed by atoms with Crippen LogP contribution < -0.4 is 4.90 Å². The molecule has 6 nitrogen and oxygen atoms in total. The largest absolute Gasteiger partial charge is 0.395 e. The van der Waals surface area contributed by atoms with Crippen LogP contribution in [-0.2, 0) is 6.54 Å². The molecule has 0 aliphatic heterocycles. The lowest BCUT2D eigenvalue weighted by atomic mass is 10.1. The Morgan fingerprint density at radius 1 is 1.15 bits per heavy atom. The summed E-state index contributed by atoms with van der Waals surface area (Å²) in [5.74, 6) is 0.809. The molecular formula is C21H28N4O2. The van der Waals surface area contributed by atoms with Crippen LogP contribution in [0.5, 0.6) is 0 Å². The van der Waals surface area contributed by atoms with Crippen LogP contribution in [0.1, 0.15) is 24.7 Å². The van der Waals surface area contributed by atoms with Gasteiger partial charge in [0.1, 0.15) is 5.82 Å². The molecule has 1 heterocycles. The first-order valence-corrected chi connectivity index (χ1v) is 9.02. The number of nitrogens with zero attached hydrogens (tertiary/aromatic N) is 3. The fourth-order valence-corrected chi connectivity index (χ4v) is 3.01. The van der Waals surface area contributed by atoms with E-state index in [1.165, 1.54) is 0 Å². The third-order valence-electron chi connectivity index (χ3n) is 4.36. The lowest BCUT2D eigenvalue weighted by molar-refractivity contribution is 0.281. The van der Waals surface area contributed by atoms with Crippen LogP contribution in [0.25, 0.3) is 23.5 Å². The fourth-order valence-electron chi connectivity index (χ4n) is 3.01. The molecule has 0 saturated carbocycles. The predicted octanol–water partition coefficient (Wildman–Crippen LogP) is 3.06. The Morgan fingerprint density at radius 2 is 1.78 bits per heavy atom. The number of aromatic nitrogens is 2. The smallest absolute Gasteiger partial charge is 0.141 e. The van der Waals surface area contributed by atoms with Crippen molar-refractivity contribution >= 4 is 23.6 Å². The fraction of sp³-hybridized carbons (Fsp3) is 0.333. The summed E-state index contributed by atoms with van der Waals surface area (Å²) >= 11 is 0. The molecule has 0 radical (unpaired) electrons. The van der Waals surface area contributed by atoms with Gasteiger partial charge in [-0.3, -0.25) is 0 Å². The van der Waals surface area contributed by atoms with Gasteiger partial charge in [0.15, 0.2) is 0 Å². The Morgan fingerprint density at radius 3 is 2.26 bits per heavy atom. The van der Waals surface area contributed by atoms with Crippen LogP contribution in [0.3, 0.4) is 0 Å². The number of hydrogen-bond acceptors (Lipinski definition) is 5. The lowest BCUT2D eigenvalue weighted by Gasteiger charge is -2.23. The van der Waals surface area contributed by atoms with Crippen LogP contribution in [0.2, 0.25) is 0 Å². The maximum atomic E-state index is 9.21. The van der Waals surface area contributed by atoms with Gasteiger partial charge in [-0.25, -0.2) is 4.98 Å². The Hall–Kier alpha value is -2.70. The highest BCUT2D eigenvalue weighted by Crippen LogP contribution is 2.27. The minimum atomic E-state index is 0.0283. The first-order chi connectivity index (χ1) is 13.0. The van der Waals surface area contributed by atoms with E-state index in [1.807, 2.05) is 29.2 Å². The number of aliphatic hydroxyl groups excluding tert-OH is 2. The molecule has 2 rings (SSSR count). The summed E-state index contributed by atoms with van der Waals surface area (Å²) in [5.41, 5.74) is 4.17. The maximum Gasteiger partial charge on any atom is 0.141 e. The highest BCUT2D eigenvalue weighted by Gasteiger charge is 2.15. The number of benzene rings is 1. The van der Waals surface area contributed by atoms with E-state index in [1.54, 1.807) is 19.1 Å². The van der Waals surface area contributed by atoms with E-state index in [2.05, 4.69) is 17.7 Å². The normalized spacial score (nSPS) is 10.6. The molecule has 0 amide bonds. The van der Waals surface area contributed by atoms with E-state index in [-0.39, 0.29) is 13.2 Å². The quantitative estimate of drug-likeness (QED) is 0.532. The van der Waals surface area contributed by atoms with Crippen molar-refractivity contribution in [1.82, 2.24) is 9.55 Å². The molecule has 0 saturated heterocycles. The topological polar surface area (TPSA) is 85.4 Å². The molecule has 0 unspecified atom stereocenters. The minimum absolute atomic E-state index is 0.0283. The SMILES string of the molecule is C=Cc1nc(-c2ccc(N(CCO)CCO)cc2)n(CCC(C)=N)c1C=C. The maximum absolute atomic E-state index is 9.21. The zero-order valence-electron chi connectivity index (χ0n) is 15.9. The molecule has 144 valence electrons. The Balaban J connectivity index is 2.41. The monoisotopic (exact) mass is 368 g/mol. The summed E-state index contributed by atoms with van der Waals surface area (Å²) < 4.78 is 2.07. The van der Waals surface area contributed by atoms with Gasteiger partial charge in [0.05, 0.1) is 24.6 Å². The highest BCUT2D eigenvalue weighted by atomic mass is 16.3. The number of anilines is 1. The second kappa shape index (κ2) is 9.85. The van der Waals surface area contributed by atoms with E-state index >= 15 is 0 Å². The van der Waals surface area contributed by atoms with E-state index in [4.69, 9.17) is 10.4 Å². The number of rotatable bonds is 11. The van der Waals surface area contributed by atoms with Gasteiger partial charge in [-0.1, -0.05) is 13.2 Å². The van der Waals surface area contributed by atoms with E-state index in [9.17, 15) is 10.2 Å². The third-order valence-corrected chi connectivity index (χ3v) is 4.36. The standard InChI is InChI=1S/C21H28N4O2/c1-4-19-20(5-2)25(11-10-16(3)22)21(23-19)17-6-8-18(9-7-17)24(12-14-26)13-15-27/h4-9,22,26-27H,1-2,10-15H2,3H3. The third kappa shape index (κ3) is 4.93. The van der Waals surface area contributed by atoms with Crippen LogP contribution in [0.15, 0.2) is 37.4 Å². The van der Waals surface area contributed by atoms with Crippen LogP contribution in [0, 0.1) is 5.41 Å². The van der Waals surface area contributed by atoms with Crippen molar-refractivity contribution in [2.75, 3.05) is 31.2 Å². The summed E-state index contributed by atoms with van der Waals surface area (Å²) in [7, 11) is 0. The van der Waals surface area contributed by atoms with Crippen LogP contribution in [0.4, 0.5) is 5.69 Å². The van der Waals surface area contributed by atoms with E-state index in [0.717, 1.165) is 28.5 Å². The molecular weight excluding hydrogens is 340 g/mol. The molecule has 0 atom stereocenters. The molecule has 0 aliphatic rings. The molecule has 27 heavy (non-hydrogen) atoms. The Kier molecular flexibility index (Phi) is 7.52. The molecule has 2 aromatic rings. The summed E-state index contributed by atoms with van der Waals surface area (Å²) in [6.45, 7) is 11.2. The lowest BCUT2D eigenvalue weighted by Crippen LogP contribution is -2.29. The molecule has 0 fully saturated rings. The molecule has 1 aromatic heterocycles. The van der Waals surface area contributed by atoms with Gasteiger partial charge < -0.3 is 25.1 Å². The Bertz CT molecular complexity index is 787. The van der Waals surface area contributed by atoms with Crippen molar-refractivity contribution in [2.24, 2.45) is 0 Å². The van der Waals surface area contributed by atoms with Gasteiger partial charge in [0.25, 0.3) is 0 Å². The Labute approximate surface area is 160 Å². The first kappa shape index (κ1) is 20.6. The second-order valence-electron chi connectivity index (χ2n) is 6.28. The van der Waals surface area contributed by atoms with Crippen LogP contribution >= 0.6 is 0 Å². The molecule has 1 aromatic carbocycles. The zero-order chi connectivity index (χ0) is 19.8. The van der Waals surface area contributed by atoms with Gasteiger partial charge in [0, 0.05) is 43.0 Å².